The summed E-state index contributed by atoms with van der Waals surface area (Å²) in [4.78, 5) is 11.6. The van der Waals surface area contributed by atoms with Gasteiger partial charge in [-0.05, 0) is 36.4 Å². The molecule has 0 spiro atoms. The van der Waals surface area contributed by atoms with E-state index in [4.69, 9.17) is 21.9 Å². The molecule has 0 fully saturated rings. The molecule has 1 heterocycles. The van der Waals surface area contributed by atoms with E-state index in [1.165, 1.54) is 41.9 Å². The average Bonchev–Trinajstić information content (AvgIpc) is 2.63. The number of aromatic nitrogens is 3. The number of hydrogen-bond acceptors (Lipinski definition) is 7. The largest absolute Gasteiger partial charge is 0.297 e. The molecule has 0 bridgehead atoms. The quantitative estimate of drug-likeness (QED) is 0.501. The highest BCUT2D eigenvalue weighted by atomic mass is 35.5. The maximum Gasteiger partial charge on any atom is 0.294 e. The Morgan fingerprint density at radius 3 is 2.35 bits per heavy atom. The Bertz CT molecular complexity index is 1020. The zero-order valence-corrected chi connectivity index (χ0v) is 14.6. The predicted molar refractivity (Wildman–Crippen MR) is 96.1 cm³/mol. The van der Waals surface area contributed by atoms with Crippen molar-refractivity contribution in [2.75, 3.05) is 10.4 Å². The minimum atomic E-state index is -4.29. The van der Waals surface area contributed by atoms with E-state index in [0.717, 1.165) is 0 Å². The molecule has 11 heteroatoms. The topological polar surface area (TPSA) is 132 Å². The second-order valence-corrected chi connectivity index (χ2v) is 6.85. The van der Waals surface area contributed by atoms with Gasteiger partial charge in [0.15, 0.2) is 0 Å². The molecule has 26 heavy (non-hydrogen) atoms. The van der Waals surface area contributed by atoms with Crippen molar-refractivity contribution in [2.45, 2.75) is 4.90 Å². The Balaban J connectivity index is 2.01. The van der Waals surface area contributed by atoms with Crippen molar-refractivity contribution in [3.63, 3.8) is 0 Å². The lowest BCUT2D eigenvalue weighted by Gasteiger charge is -2.25. The zero-order valence-electron chi connectivity index (χ0n) is 13.0. The first kappa shape index (κ1) is 17.9. The van der Waals surface area contributed by atoms with E-state index < -0.39 is 10.1 Å². The molecule has 1 aromatic heterocycles. The maximum atomic E-state index is 11.1. The van der Waals surface area contributed by atoms with Gasteiger partial charge in [-0.15, -0.1) is 0 Å². The molecule has 0 atom stereocenters. The Kier molecular flexibility index (Phi) is 4.89. The summed E-state index contributed by atoms with van der Waals surface area (Å²) in [5, 5.41) is 1.66. The number of nitrogens with one attached hydrogen (secondary N) is 2. The van der Waals surface area contributed by atoms with Crippen LogP contribution in [0.3, 0.4) is 0 Å². The van der Waals surface area contributed by atoms with Gasteiger partial charge >= 0.3 is 0 Å². The molecule has 3 rings (SSSR count). The third kappa shape index (κ3) is 3.82. The second kappa shape index (κ2) is 7.12. The molecule has 2 aromatic carbocycles. The molecule has 3 N–H and O–H groups in total. The molecule has 0 unspecified atom stereocenters. The third-order valence-corrected chi connectivity index (χ3v) is 4.49. The van der Waals surface area contributed by atoms with Crippen LogP contribution >= 0.6 is 11.6 Å². The van der Waals surface area contributed by atoms with E-state index in [1.54, 1.807) is 18.2 Å². The van der Waals surface area contributed by atoms with Gasteiger partial charge in [-0.3, -0.25) is 15.7 Å². The van der Waals surface area contributed by atoms with E-state index >= 15 is 0 Å². The van der Waals surface area contributed by atoms with E-state index in [1.807, 2.05) is 0 Å². The van der Waals surface area contributed by atoms with Gasteiger partial charge in [-0.25, -0.2) is 9.99 Å². The van der Waals surface area contributed by atoms with Crippen LogP contribution in [0.15, 0.2) is 60.0 Å². The van der Waals surface area contributed by atoms with E-state index in [9.17, 15) is 8.42 Å². The summed E-state index contributed by atoms with van der Waals surface area (Å²) in [5.74, 6) is 0.203. The molecule has 9 nitrogen and oxygen atoms in total. The minimum Gasteiger partial charge on any atom is -0.297 e. The highest BCUT2D eigenvalue weighted by Crippen LogP contribution is 2.34. The van der Waals surface area contributed by atoms with Crippen molar-refractivity contribution < 1.29 is 13.0 Å². The lowest BCUT2D eigenvalue weighted by molar-refractivity contribution is 0.483. The fourth-order valence-electron chi connectivity index (χ4n) is 2.10. The Morgan fingerprint density at radius 1 is 1.08 bits per heavy atom. The van der Waals surface area contributed by atoms with Crippen molar-refractivity contribution in [3.8, 4) is 0 Å². The van der Waals surface area contributed by atoms with Gasteiger partial charge in [0.1, 0.15) is 12.7 Å². The molecule has 0 saturated carbocycles. The fourth-order valence-corrected chi connectivity index (χ4v) is 2.75. The van der Waals surface area contributed by atoms with Crippen LogP contribution in [0, 0.1) is 0 Å². The predicted octanol–water partition coefficient (Wildman–Crippen LogP) is 2.85. The Hall–Kier alpha value is -2.95. The molecule has 0 amide bonds. The summed E-state index contributed by atoms with van der Waals surface area (Å²) in [6.45, 7) is 0. The average molecular weight is 392 g/mol. The highest BCUT2D eigenvalue weighted by molar-refractivity contribution is 7.85. The molecule has 0 aliphatic heterocycles. The summed E-state index contributed by atoms with van der Waals surface area (Å²) < 4.78 is 31.4. The molecule has 133 valence electrons. The highest BCUT2D eigenvalue weighted by Gasteiger charge is 2.17. The van der Waals surface area contributed by atoms with Gasteiger partial charge in [-0.2, -0.15) is 18.4 Å². The number of rotatable bonds is 5. The number of hydrogen-bond donors (Lipinski definition) is 2. The van der Waals surface area contributed by atoms with Crippen molar-refractivity contribution in [1.82, 2.24) is 20.7 Å². The monoisotopic (exact) mass is 391 g/mol. The van der Waals surface area contributed by atoms with Crippen LogP contribution in [0.1, 0.15) is 0 Å². The first-order chi connectivity index (χ1) is 12.4. The van der Waals surface area contributed by atoms with Crippen LogP contribution in [0.5, 0.6) is 0 Å². The third-order valence-electron chi connectivity index (χ3n) is 3.31. The minimum absolute atomic E-state index is 0.0524. The maximum absolute atomic E-state index is 11.1. The lowest BCUT2D eigenvalue weighted by atomic mass is 10.2. The van der Waals surface area contributed by atoms with E-state index in [-0.39, 0.29) is 21.6 Å². The first-order valence-electron chi connectivity index (χ1n) is 7.13. The molecule has 0 saturated heterocycles. The summed E-state index contributed by atoms with van der Waals surface area (Å²) in [7, 11) is -4.29. The molecule has 0 aliphatic rings. The smallest absolute Gasteiger partial charge is 0.294 e. The van der Waals surface area contributed by atoms with Crippen molar-refractivity contribution in [2.24, 2.45) is 0 Å². The van der Waals surface area contributed by atoms with Gasteiger partial charge in [-0.1, -0.05) is 17.7 Å². The van der Waals surface area contributed by atoms with Crippen LogP contribution in [-0.2, 0) is 10.1 Å². The zero-order chi connectivity index (χ0) is 18.7. The van der Waals surface area contributed by atoms with Crippen LogP contribution < -0.4 is 16.2 Å². The first-order valence-corrected chi connectivity index (χ1v) is 8.94. The number of anilines is 3. The number of benzene rings is 2. The van der Waals surface area contributed by atoms with Gasteiger partial charge in [0.25, 0.3) is 16.1 Å². The van der Waals surface area contributed by atoms with Gasteiger partial charge in [0.2, 0.25) is 0 Å². The summed E-state index contributed by atoms with van der Waals surface area (Å²) in [6, 6.07) is 10.3. The van der Waals surface area contributed by atoms with Crippen LogP contribution in [0.2, 0.25) is 5.02 Å². The van der Waals surface area contributed by atoms with Crippen molar-refractivity contribution >= 4 is 44.7 Å². The van der Waals surface area contributed by atoms with Crippen LogP contribution in [0.4, 0.5) is 23.0 Å². The molecule has 3 aromatic rings. The number of hydrazine groups is 1. The molecule has 0 aliphatic carbocycles. The summed E-state index contributed by atoms with van der Waals surface area (Å²) >= 11 is 6.03. The van der Waals surface area contributed by atoms with Crippen LogP contribution in [-0.4, -0.2) is 27.9 Å². The Morgan fingerprint density at radius 2 is 1.73 bits per heavy atom. The standard InChI is InChI=1S/C15H12ClN6O3S/c16-12-2-1-3-13(14(12)17)22(15-19-8-18-9-20-15)21-10-4-6-11(7-5-10)26(23,24)25/h1-9,17,21H,(H,23,24,25). The van der Waals surface area contributed by atoms with Gasteiger partial charge < -0.3 is 0 Å². The van der Waals surface area contributed by atoms with Crippen molar-refractivity contribution in [3.05, 3.63) is 60.1 Å². The lowest BCUT2D eigenvalue weighted by Crippen LogP contribution is -2.26. The summed E-state index contributed by atoms with van der Waals surface area (Å²) in [6.07, 6.45) is 2.60. The van der Waals surface area contributed by atoms with E-state index in [2.05, 4.69) is 20.4 Å². The SMILES string of the molecule is [NH]c1c(Cl)cccc1N(Nc1ccc(S(=O)(=O)O)cc1)c1ncncn1. The van der Waals surface area contributed by atoms with Gasteiger partial charge in [0, 0.05) is 0 Å². The second-order valence-electron chi connectivity index (χ2n) is 5.02. The van der Waals surface area contributed by atoms with E-state index in [0.29, 0.717) is 11.4 Å². The molecule has 1 radical (unpaired) electrons. The number of nitrogens with zero attached hydrogens (tertiary/aromatic N) is 4. The van der Waals surface area contributed by atoms with Crippen LogP contribution in [0.25, 0.3) is 0 Å². The van der Waals surface area contributed by atoms with Crippen molar-refractivity contribution in [1.29, 1.82) is 0 Å². The normalized spacial score (nSPS) is 11.2. The molecular formula is C15H12ClN6O3S. The van der Waals surface area contributed by atoms with Gasteiger partial charge in [0.05, 0.1) is 27.0 Å². The fraction of sp³-hybridized carbons (Fsp3) is 0. The Labute approximate surface area is 154 Å². The number of halogens is 1. The molecular weight excluding hydrogens is 380 g/mol. The summed E-state index contributed by atoms with van der Waals surface area (Å²) in [5.41, 5.74) is 12.0.